The molecule has 27 heavy (non-hydrogen) atoms. The number of amides is 1. The molecular weight excluding hydrogens is 358 g/mol. The first-order valence-corrected chi connectivity index (χ1v) is 9.76. The maximum absolute atomic E-state index is 13.4. The second-order valence-electron chi connectivity index (χ2n) is 6.84. The number of likely N-dealkylation sites (N-methyl/N-ethyl adjacent to an activating group) is 1. The molecule has 1 aromatic carbocycles. The van der Waals surface area contributed by atoms with Crippen LogP contribution in [0.4, 0.5) is 5.69 Å². The van der Waals surface area contributed by atoms with E-state index in [9.17, 15) is 9.59 Å². The fraction of sp³-hybridized carbons (Fsp3) is 0.286. The summed E-state index contributed by atoms with van der Waals surface area (Å²) < 4.78 is 1.30. The zero-order chi connectivity index (χ0) is 19.6. The Kier molecular flexibility index (Phi) is 5.28. The Morgan fingerprint density at radius 1 is 1.15 bits per heavy atom. The number of aryl methyl sites for hydroxylation is 1. The first-order valence-electron chi connectivity index (χ1n) is 8.88. The lowest BCUT2D eigenvalue weighted by molar-refractivity contribution is -0.126. The average molecular weight is 382 g/mol. The van der Waals surface area contributed by atoms with Gasteiger partial charge in [-0.15, -0.1) is 11.3 Å². The third-order valence-corrected chi connectivity index (χ3v) is 5.49. The molecule has 0 atom stereocenters. The van der Waals surface area contributed by atoms with Crippen LogP contribution >= 0.6 is 11.3 Å². The number of thiophene rings is 1. The van der Waals surface area contributed by atoms with E-state index < -0.39 is 5.54 Å². The molecule has 0 radical (unpaired) electrons. The van der Waals surface area contributed by atoms with Gasteiger partial charge in [-0.05, 0) is 56.8 Å². The van der Waals surface area contributed by atoms with Crippen LogP contribution in [0.15, 0.2) is 58.7 Å². The molecule has 3 rings (SSSR count). The Hall–Kier alpha value is -2.73. The average Bonchev–Trinajstić information content (AvgIpc) is 3.18. The molecule has 0 saturated carbocycles. The van der Waals surface area contributed by atoms with E-state index in [0.717, 1.165) is 16.1 Å². The van der Waals surface area contributed by atoms with E-state index in [1.54, 1.807) is 36.2 Å². The fourth-order valence-corrected chi connectivity index (χ4v) is 3.77. The fourth-order valence-electron chi connectivity index (χ4n) is 3.08. The van der Waals surface area contributed by atoms with E-state index in [1.807, 2.05) is 55.6 Å². The molecule has 2 heterocycles. The molecule has 0 aliphatic heterocycles. The third-order valence-electron chi connectivity index (χ3n) is 4.59. The number of nitrogens with zero attached hydrogens (tertiary/aromatic N) is 3. The van der Waals surface area contributed by atoms with E-state index in [2.05, 4.69) is 5.10 Å². The molecule has 0 bridgehead atoms. The standard InChI is InChI=1S/C21H23N3O2S/c1-5-23(17-10-7-6-9-15(17)2)20(26)21(3,4)24-19(25)13-12-16(22-24)18-11-8-14-27-18/h6-14H,5H2,1-4H3. The first-order chi connectivity index (χ1) is 12.9. The Labute approximate surface area is 162 Å². The molecule has 5 nitrogen and oxygen atoms in total. The minimum absolute atomic E-state index is 0.169. The largest absolute Gasteiger partial charge is 0.310 e. The molecule has 0 aliphatic rings. The van der Waals surface area contributed by atoms with Crippen LogP contribution in [0.5, 0.6) is 0 Å². The zero-order valence-corrected chi connectivity index (χ0v) is 16.8. The number of hydrogen-bond acceptors (Lipinski definition) is 4. The normalized spacial score (nSPS) is 11.4. The highest BCUT2D eigenvalue weighted by molar-refractivity contribution is 7.13. The van der Waals surface area contributed by atoms with Gasteiger partial charge in [0, 0.05) is 18.3 Å². The maximum Gasteiger partial charge on any atom is 0.267 e. The predicted molar refractivity (Wildman–Crippen MR) is 110 cm³/mol. The number of hydrogen-bond donors (Lipinski definition) is 0. The number of rotatable bonds is 5. The monoisotopic (exact) mass is 381 g/mol. The summed E-state index contributed by atoms with van der Waals surface area (Å²) in [6.45, 7) is 7.89. The van der Waals surface area contributed by atoms with Crippen LogP contribution in [0.3, 0.4) is 0 Å². The second kappa shape index (κ2) is 7.48. The van der Waals surface area contributed by atoms with Crippen molar-refractivity contribution in [2.24, 2.45) is 0 Å². The van der Waals surface area contributed by atoms with Crippen molar-refractivity contribution in [2.45, 2.75) is 33.2 Å². The second-order valence-corrected chi connectivity index (χ2v) is 7.79. The quantitative estimate of drug-likeness (QED) is 0.669. The smallest absolute Gasteiger partial charge is 0.267 e. The number of benzene rings is 1. The Morgan fingerprint density at radius 3 is 2.52 bits per heavy atom. The minimum Gasteiger partial charge on any atom is -0.310 e. The predicted octanol–water partition coefficient (Wildman–Crippen LogP) is 4.07. The molecule has 0 saturated heterocycles. The molecule has 140 valence electrons. The summed E-state index contributed by atoms with van der Waals surface area (Å²) >= 11 is 1.55. The molecule has 3 aromatic rings. The van der Waals surface area contributed by atoms with Gasteiger partial charge in [0.1, 0.15) is 11.2 Å². The van der Waals surface area contributed by atoms with Gasteiger partial charge in [-0.3, -0.25) is 9.59 Å². The van der Waals surface area contributed by atoms with Gasteiger partial charge >= 0.3 is 0 Å². The van der Waals surface area contributed by atoms with Crippen molar-refractivity contribution in [1.29, 1.82) is 0 Å². The van der Waals surface area contributed by atoms with Gasteiger partial charge in [0.25, 0.3) is 11.5 Å². The zero-order valence-electron chi connectivity index (χ0n) is 16.0. The van der Waals surface area contributed by atoms with Crippen molar-refractivity contribution >= 4 is 22.9 Å². The number of carbonyl (C=O) groups is 1. The Balaban J connectivity index is 2.05. The number of para-hydroxylation sites is 1. The third kappa shape index (κ3) is 3.57. The maximum atomic E-state index is 13.4. The topological polar surface area (TPSA) is 55.2 Å². The summed E-state index contributed by atoms with van der Waals surface area (Å²) in [6.07, 6.45) is 0. The van der Waals surface area contributed by atoms with Crippen LogP contribution in [0.1, 0.15) is 26.3 Å². The molecular formula is C21H23N3O2S. The summed E-state index contributed by atoms with van der Waals surface area (Å²) in [7, 11) is 0. The van der Waals surface area contributed by atoms with Crippen molar-refractivity contribution in [1.82, 2.24) is 9.78 Å². The molecule has 2 aromatic heterocycles. The van der Waals surface area contributed by atoms with E-state index in [0.29, 0.717) is 12.2 Å². The molecule has 6 heteroatoms. The number of aromatic nitrogens is 2. The van der Waals surface area contributed by atoms with E-state index in [1.165, 1.54) is 10.7 Å². The van der Waals surface area contributed by atoms with Crippen LogP contribution in [-0.2, 0) is 10.3 Å². The summed E-state index contributed by atoms with van der Waals surface area (Å²) in [4.78, 5) is 28.6. The van der Waals surface area contributed by atoms with E-state index >= 15 is 0 Å². The SMILES string of the molecule is CCN(C(=O)C(C)(C)n1nc(-c2cccs2)ccc1=O)c1ccccc1C. The van der Waals surface area contributed by atoms with Gasteiger partial charge in [-0.25, -0.2) is 4.68 Å². The van der Waals surface area contributed by atoms with Crippen LogP contribution in [0.2, 0.25) is 0 Å². The lowest BCUT2D eigenvalue weighted by Crippen LogP contribution is -2.51. The van der Waals surface area contributed by atoms with Gasteiger partial charge in [-0.2, -0.15) is 5.10 Å². The van der Waals surface area contributed by atoms with Crippen molar-refractivity contribution in [2.75, 3.05) is 11.4 Å². The first kappa shape index (κ1) is 19.0. The van der Waals surface area contributed by atoms with Gasteiger partial charge < -0.3 is 4.90 Å². The van der Waals surface area contributed by atoms with Gasteiger partial charge in [0.15, 0.2) is 0 Å². The lowest BCUT2D eigenvalue weighted by atomic mass is 10.0. The highest BCUT2D eigenvalue weighted by atomic mass is 32.1. The molecule has 0 spiro atoms. The number of carbonyl (C=O) groups excluding carboxylic acids is 1. The van der Waals surface area contributed by atoms with Crippen LogP contribution < -0.4 is 10.5 Å². The van der Waals surface area contributed by atoms with Crippen molar-refractivity contribution in [3.05, 3.63) is 69.8 Å². The lowest BCUT2D eigenvalue weighted by Gasteiger charge is -2.32. The van der Waals surface area contributed by atoms with Crippen molar-refractivity contribution < 1.29 is 4.79 Å². The highest BCUT2D eigenvalue weighted by Crippen LogP contribution is 2.26. The molecule has 0 aliphatic carbocycles. The highest BCUT2D eigenvalue weighted by Gasteiger charge is 2.36. The van der Waals surface area contributed by atoms with Crippen LogP contribution in [0, 0.1) is 6.92 Å². The molecule has 0 N–H and O–H groups in total. The van der Waals surface area contributed by atoms with Crippen molar-refractivity contribution in [3.8, 4) is 10.6 Å². The minimum atomic E-state index is -1.12. The van der Waals surface area contributed by atoms with Gasteiger partial charge in [0.2, 0.25) is 0 Å². The van der Waals surface area contributed by atoms with Gasteiger partial charge in [0.05, 0.1) is 4.88 Å². The molecule has 1 amide bonds. The van der Waals surface area contributed by atoms with E-state index in [-0.39, 0.29) is 11.5 Å². The molecule has 0 unspecified atom stereocenters. The van der Waals surface area contributed by atoms with Crippen LogP contribution in [-0.4, -0.2) is 22.2 Å². The summed E-state index contributed by atoms with van der Waals surface area (Å²) in [5.74, 6) is -0.169. The van der Waals surface area contributed by atoms with Crippen molar-refractivity contribution in [3.63, 3.8) is 0 Å². The summed E-state index contributed by atoms with van der Waals surface area (Å²) in [6, 6.07) is 14.8. The summed E-state index contributed by atoms with van der Waals surface area (Å²) in [5, 5.41) is 6.47. The number of anilines is 1. The Morgan fingerprint density at radius 2 is 1.89 bits per heavy atom. The summed E-state index contributed by atoms with van der Waals surface area (Å²) in [5.41, 5.74) is 1.12. The van der Waals surface area contributed by atoms with Crippen LogP contribution in [0.25, 0.3) is 10.6 Å². The Bertz CT molecular complexity index is 1010. The van der Waals surface area contributed by atoms with Gasteiger partial charge in [-0.1, -0.05) is 24.3 Å². The van der Waals surface area contributed by atoms with E-state index in [4.69, 9.17) is 0 Å². The molecule has 0 fully saturated rings.